The lowest BCUT2D eigenvalue weighted by Crippen LogP contribution is -2.29. The van der Waals surface area contributed by atoms with Crippen LogP contribution >= 0.6 is 0 Å². The van der Waals surface area contributed by atoms with Crippen molar-refractivity contribution in [3.8, 4) is 0 Å². The van der Waals surface area contributed by atoms with Gasteiger partial charge in [-0.3, -0.25) is 0 Å². The molecule has 0 aromatic rings. The van der Waals surface area contributed by atoms with Crippen LogP contribution in [0.25, 0.3) is 0 Å². The fourth-order valence-electron chi connectivity index (χ4n) is 0.754. The summed E-state index contributed by atoms with van der Waals surface area (Å²) in [5.41, 5.74) is 5.33. The summed E-state index contributed by atoms with van der Waals surface area (Å²) in [4.78, 5) is 2.27. The van der Waals surface area contributed by atoms with E-state index in [9.17, 15) is 0 Å². The number of nitrogens with zero attached hydrogens (tertiary/aromatic N) is 1. The second-order valence-corrected chi connectivity index (χ2v) is 3.33. The van der Waals surface area contributed by atoms with Crippen LogP contribution in [0.2, 0.25) is 0 Å². The second kappa shape index (κ2) is 7.53. The topological polar surface area (TPSA) is 38.5 Å². The smallest absolute Gasteiger partial charge is 0.0593 e. The summed E-state index contributed by atoms with van der Waals surface area (Å²) in [5.74, 6) is 0. The molecule has 2 N–H and O–H groups in total. The molecule has 3 nitrogen and oxygen atoms in total. The summed E-state index contributed by atoms with van der Waals surface area (Å²) < 4.78 is 5.37. The van der Waals surface area contributed by atoms with Gasteiger partial charge < -0.3 is 15.4 Å². The van der Waals surface area contributed by atoms with E-state index in [0.717, 1.165) is 32.7 Å². The zero-order valence-corrected chi connectivity index (χ0v) is 8.55. The molecule has 0 saturated carbocycles. The molecule has 0 heterocycles. The van der Waals surface area contributed by atoms with Crippen LogP contribution in [0.5, 0.6) is 0 Å². The predicted molar refractivity (Wildman–Crippen MR) is 52.3 cm³/mol. The lowest BCUT2D eigenvalue weighted by molar-refractivity contribution is 0.102. The largest absolute Gasteiger partial charge is 0.380 e. The van der Waals surface area contributed by atoms with Gasteiger partial charge in [-0.25, -0.2) is 0 Å². The summed E-state index contributed by atoms with van der Waals surface area (Å²) in [6, 6.07) is 0.600. The summed E-state index contributed by atoms with van der Waals surface area (Å²) in [7, 11) is 2.11. The predicted octanol–water partition coefficient (Wildman–Crippen LogP) is 0.692. The number of hydrogen-bond acceptors (Lipinski definition) is 3. The molecule has 0 amide bonds. The summed E-state index contributed by atoms with van der Waals surface area (Å²) in [6.07, 6.45) is 0.964. The molecular formula is C9H22N2O. The molecular weight excluding hydrogens is 152 g/mol. The number of likely N-dealkylation sites (N-methyl/N-ethyl adjacent to an activating group) is 1. The van der Waals surface area contributed by atoms with Gasteiger partial charge in [0, 0.05) is 19.2 Å². The quantitative estimate of drug-likeness (QED) is 0.577. The first kappa shape index (κ1) is 11.9. The van der Waals surface area contributed by atoms with Crippen LogP contribution in [-0.4, -0.2) is 44.3 Å². The minimum absolute atomic E-state index is 0.600. The highest BCUT2D eigenvalue weighted by atomic mass is 16.5. The Balaban J connectivity index is 3.08. The van der Waals surface area contributed by atoms with E-state index in [0.29, 0.717) is 6.04 Å². The molecule has 3 heteroatoms. The lowest BCUT2D eigenvalue weighted by atomic mass is 10.3. The van der Waals surface area contributed by atoms with E-state index < -0.39 is 0 Å². The summed E-state index contributed by atoms with van der Waals surface area (Å²) >= 11 is 0. The van der Waals surface area contributed by atoms with Gasteiger partial charge in [0.25, 0.3) is 0 Å². The molecule has 0 rings (SSSR count). The Morgan fingerprint density at radius 3 is 2.50 bits per heavy atom. The first-order chi connectivity index (χ1) is 5.68. The zero-order valence-electron chi connectivity index (χ0n) is 8.55. The maximum Gasteiger partial charge on any atom is 0.0593 e. The number of nitrogens with two attached hydrogens (primary N) is 1. The van der Waals surface area contributed by atoms with E-state index in [4.69, 9.17) is 10.5 Å². The summed E-state index contributed by atoms with van der Waals surface area (Å²) in [6.45, 7) is 7.69. The third-order valence-corrected chi connectivity index (χ3v) is 1.96. The molecule has 0 aliphatic carbocycles. The highest BCUT2D eigenvalue weighted by Crippen LogP contribution is 1.92. The van der Waals surface area contributed by atoms with Crippen molar-refractivity contribution in [2.45, 2.75) is 26.3 Å². The third-order valence-electron chi connectivity index (χ3n) is 1.96. The molecule has 0 fully saturated rings. The van der Waals surface area contributed by atoms with Gasteiger partial charge >= 0.3 is 0 Å². The van der Waals surface area contributed by atoms with Gasteiger partial charge in [0.05, 0.1) is 6.61 Å². The summed E-state index contributed by atoms with van der Waals surface area (Å²) in [5, 5.41) is 0. The van der Waals surface area contributed by atoms with Crippen LogP contribution in [0.4, 0.5) is 0 Å². The average molecular weight is 174 g/mol. The molecule has 0 aliphatic heterocycles. The van der Waals surface area contributed by atoms with Crippen molar-refractivity contribution in [1.29, 1.82) is 0 Å². The maximum atomic E-state index is 5.37. The fourth-order valence-corrected chi connectivity index (χ4v) is 0.754. The van der Waals surface area contributed by atoms with Crippen LogP contribution in [0, 0.1) is 0 Å². The molecule has 0 saturated heterocycles. The Hall–Kier alpha value is -0.120. The Morgan fingerprint density at radius 1 is 1.33 bits per heavy atom. The van der Waals surface area contributed by atoms with Crippen molar-refractivity contribution >= 4 is 0 Å². The molecule has 0 aromatic carbocycles. The first-order valence-electron chi connectivity index (χ1n) is 4.66. The molecule has 0 aromatic heterocycles. The highest BCUT2D eigenvalue weighted by molar-refractivity contribution is 4.55. The van der Waals surface area contributed by atoms with Crippen LogP contribution in [0.1, 0.15) is 20.3 Å². The molecule has 74 valence electrons. The van der Waals surface area contributed by atoms with Gasteiger partial charge in [-0.1, -0.05) is 0 Å². The number of hydrogen-bond donors (Lipinski definition) is 1. The van der Waals surface area contributed by atoms with Crippen molar-refractivity contribution in [1.82, 2.24) is 4.90 Å². The molecule has 0 aliphatic rings. The SMILES string of the molecule is CC(C)N(C)CCOCCCN. The Kier molecular flexibility index (Phi) is 7.45. The Morgan fingerprint density at radius 2 is 2.00 bits per heavy atom. The minimum atomic E-state index is 0.600. The van der Waals surface area contributed by atoms with E-state index >= 15 is 0 Å². The van der Waals surface area contributed by atoms with E-state index in [1.54, 1.807) is 0 Å². The van der Waals surface area contributed by atoms with E-state index in [2.05, 4.69) is 25.8 Å². The van der Waals surface area contributed by atoms with Crippen LogP contribution < -0.4 is 5.73 Å². The molecule has 0 atom stereocenters. The molecule has 12 heavy (non-hydrogen) atoms. The van der Waals surface area contributed by atoms with Crippen molar-refractivity contribution in [2.24, 2.45) is 5.73 Å². The van der Waals surface area contributed by atoms with Crippen LogP contribution in [-0.2, 0) is 4.74 Å². The van der Waals surface area contributed by atoms with Crippen molar-refractivity contribution < 1.29 is 4.74 Å². The highest BCUT2D eigenvalue weighted by Gasteiger charge is 2.01. The molecule has 0 unspecified atom stereocenters. The molecule has 0 radical (unpaired) electrons. The van der Waals surface area contributed by atoms with Gasteiger partial charge in [-0.15, -0.1) is 0 Å². The zero-order chi connectivity index (χ0) is 9.40. The van der Waals surface area contributed by atoms with Gasteiger partial charge in [0.15, 0.2) is 0 Å². The van der Waals surface area contributed by atoms with Gasteiger partial charge in [-0.2, -0.15) is 0 Å². The normalized spacial score (nSPS) is 11.5. The van der Waals surface area contributed by atoms with Gasteiger partial charge in [-0.05, 0) is 33.9 Å². The fraction of sp³-hybridized carbons (Fsp3) is 1.00. The van der Waals surface area contributed by atoms with Crippen molar-refractivity contribution in [3.05, 3.63) is 0 Å². The second-order valence-electron chi connectivity index (χ2n) is 3.33. The Bertz CT molecular complexity index is 96.5. The Labute approximate surface area is 75.9 Å². The minimum Gasteiger partial charge on any atom is -0.380 e. The van der Waals surface area contributed by atoms with Crippen molar-refractivity contribution in [3.63, 3.8) is 0 Å². The molecule has 0 spiro atoms. The average Bonchev–Trinajstić information content (AvgIpc) is 2.03. The number of rotatable bonds is 7. The monoisotopic (exact) mass is 174 g/mol. The maximum absolute atomic E-state index is 5.37. The van der Waals surface area contributed by atoms with Crippen LogP contribution in [0.3, 0.4) is 0 Å². The van der Waals surface area contributed by atoms with E-state index in [-0.39, 0.29) is 0 Å². The number of ether oxygens (including phenoxy) is 1. The van der Waals surface area contributed by atoms with Crippen molar-refractivity contribution in [2.75, 3.05) is 33.4 Å². The first-order valence-corrected chi connectivity index (χ1v) is 4.66. The third kappa shape index (κ3) is 6.58. The van der Waals surface area contributed by atoms with Crippen LogP contribution in [0.15, 0.2) is 0 Å². The molecule has 0 bridgehead atoms. The van der Waals surface area contributed by atoms with Gasteiger partial charge in [0.2, 0.25) is 0 Å². The standard InChI is InChI=1S/C9H22N2O/c1-9(2)11(3)6-8-12-7-4-5-10/h9H,4-8,10H2,1-3H3. The lowest BCUT2D eigenvalue weighted by Gasteiger charge is -2.20. The van der Waals surface area contributed by atoms with E-state index in [1.807, 2.05) is 0 Å². The van der Waals surface area contributed by atoms with Gasteiger partial charge in [0.1, 0.15) is 0 Å². The van der Waals surface area contributed by atoms with E-state index in [1.165, 1.54) is 0 Å².